The van der Waals surface area contributed by atoms with Crippen LogP contribution in [-0.4, -0.2) is 57.5 Å². The van der Waals surface area contributed by atoms with Crippen LogP contribution < -0.4 is 0 Å². The summed E-state index contributed by atoms with van der Waals surface area (Å²) in [5, 5.41) is 28.7. The molecule has 0 spiro atoms. The second-order valence-corrected chi connectivity index (χ2v) is 6.56. The minimum atomic E-state index is -1.13. The SMILES string of the molecule is O=C(CC1CC2CCC1C2)N1C[C@@H](O)C(O)[C@@H](O)C1. The van der Waals surface area contributed by atoms with E-state index in [2.05, 4.69) is 0 Å². The molecule has 0 aromatic heterocycles. The van der Waals surface area contributed by atoms with Gasteiger partial charge in [-0.1, -0.05) is 6.42 Å². The summed E-state index contributed by atoms with van der Waals surface area (Å²) in [5.41, 5.74) is 0. The van der Waals surface area contributed by atoms with E-state index in [0.29, 0.717) is 18.3 Å². The number of fused-ring (bicyclic) bond motifs is 2. The van der Waals surface area contributed by atoms with Crippen molar-refractivity contribution >= 4 is 5.91 Å². The first-order valence-corrected chi connectivity index (χ1v) is 7.36. The second kappa shape index (κ2) is 5.04. The van der Waals surface area contributed by atoms with Crippen molar-refractivity contribution in [2.24, 2.45) is 17.8 Å². The van der Waals surface area contributed by atoms with Crippen LogP contribution >= 0.6 is 0 Å². The molecule has 3 fully saturated rings. The van der Waals surface area contributed by atoms with Gasteiger partial charge < -0.3 is 20.2 Å². The van der Waals surface area contributed by atoms with E-state index >= 15 is 0 Å². The molecule has 2 saturated carbocycles. The Kier molecular flexibility index (Phi) is 3.53. The summed E-state index contributed by atoms with van der Waals surface area (Å²) in [7, 11) is 0. The van der Waals surface area contributed by atoms with Gasteiger partial charge in [-0.3, -0.25) is 4.79 Å². The number of carbonyl (C=O) groups is 1. The van der Waals surface area contributed by atoms with Gasteiger partial charge in [0.15, 0.2) is 0 Å². The van der Waals surface area contributed by atoms with Crippen LogP contribution in [0.3, 0.4) is 0 Å². The van der Waals surface area contributed by atoms with Crippen LogP contribution in [-0.2, 0) is 4.79 Å². The molecule has 0 aromatic rings. The predicted molar refractivity (Wildman–Crippen MR) is 68.2 cm³/mol. The topological polar surface area (TPSA) is 81.0 Å². The Bertz CT molecular complexity index is 349. The van der Waals surface area contributed by atoms with E-state index in [9.17, 15) is 20.1 Å². The van der Waals surface area contributed by atoms with Gasteiger partial charge in [-0.05, 0) is 37.0 Å². The molecule has 5 heteroatoms. The second-order valence-electron chi connectivity index (χ2n) is 6.56. The van der Waals surface area contributed by atoms with E-state index in [1.54, 1.807) is 0 Å². The van der Waals surface area contributed by atoms with Crippen molar-refractivity contribution < 1.29 is 20.1 Å². The standard InChI is InChI=1S/C14H23NO4/c16-11-6-15(7-12(17)14(11)19)13(18)5-10-4-8-1-2-9(10)3-8/h8-12,14,16-17,19H,1-7H2/t8?,9?,10?,11-,12+,14?. The van der Waals surface area contributed by atoms with Crippen molar-refractivity contribution in [3.8, 4) is 0 Å². The molecule has 1 aliphatic heterocycles. The van der Waals surface area contributed by atoms with Gasteiger partial charge in [0.1, 0.15) is 18.3 Å². The lowest BCUT2D eigenvalue weighted by Crippen LogP contribution is -2.57. The molecule has 6 atom stereocenters. The number of hydrogen-bond donors (Lipinski definition) is 3. The zero-order valence-corrected chi connectivity index (χ0v) is 11.1. The Morgan fingerprint density at radius 2 is 1.74 bits per heavy atom. The lowest BCUT2D eigenvalue weighted by molar-refractivity contribution is -0.150. The number of aliphatic hydroxyl groups is 3. The minimum absolute atomic E-state index is 0.0163. The number of carbonyl (C=O) groups excluding carboxylic acids is 1. The van der Waals surface area contributed by atoms with Crippen molar-refractivity contribution in [3.63, 3.8) is 0 Å². The fourth-order valence-corrected chi connectivity index (χ4v) is 4.18. The van der Waals surface area contributed by atoms with E-state index in [-0.39, 0.29) is 19.0 Å². The average molecular weight is 269 g/mol. The molecule has 108 valence electrons. The predicted octanol–water partition coefficient (Wildman–Crippen LogP) is -0.262. The van der Waals surface area contributed by atoms with E-state index in [4.69, 9.17) is 0 Å². The fourth-order valence-electron chi connectivity index (χ4n) is 4.18. The lowest BCUT2D eigenvalue weighted by atomic mass is 9.86. The number of nitrogens with zero attached hydrogens (tertiary/aromatic N) is 1. The van der Waals surface area contributed by atoms with E-state index in [0.717, 1.165) is 12.3 Å². The lowest BCUT2D eigenvalue weighted by Gasteiger charge is -2.37. The Labute approximate surface area is 113 Å². The largest absolute Gasteiger partial charge is 0.388 e. The average Bonchev–Trinajstić information content (AvgIpc) is 2.97. The highest BCUT2D eigenvalue weighted by molar-refractivity contribution is 5.76. The summed E-state index contributed by atoms with van der Waals surface area (Å²) in [4.78, 5) is 13.8. The van der Waals surface area contributed by atoms with Gasteiger partial charge in [-0.25, -0.2) is 0 Å². The van der Waals surface area contributed by atoms with Crippen LogP contribution in [0.1, 0.15) is 32.1 Å². The number of hydrogen-bond acceptors (Lipinski definition) is 4. The molecule has 3 rings (SSSR count). The summed E-state index contributed by atoms with van der Waals surface area (Å²) >= 11 is 0. The Morgan fingerprint density at radius 1 is 1.05 bits per heavy atom. The maximum atomic E-state index is 12.3. The van der Waals surface area contributed by atoms with Crippen molar-refractivity contribution in [2.75, 3.05) is 13.1 Å². The normalized spacial score (nSPS) is 45.7. The summed E-state index contributed by atoms with van der Waals surface area (Å²) in [5.74, 6) is 2.04. The highest BCUT2D eigenvalue weighted by Gasteiger charge is 2.42. The molecule has 1 heterocycles. The molecule has 1 amide bonds. The van der Waals surface area contributed by atoms with Crippen molar-refractivity contribution in [1.82, 2.24) is 4.90 Å². The number of rotatable bonds is 2. The van der Waals surface area contributed by atoms with Crippen LogP contribution in [0.5, 0.6) is 0 Å². The zero-order valence-electron chi connectivity index (χ0n) is 11.1. The van der Waals surface area contributed by atoms with E-state index in [1.807, 2.05) is 0 Å². The molecule has 3 N–H and O–H groups in total. The number of aliphatic hydroxyl groups excluding tert-OH is 3. The van der Waals surface area contributed by atoms with E-state index in [1.165, 1.54) is 24.2 Å². The molecule has 1 saturated heterocycles. The molecule has 0 aromatic carbocycles. The molecule has 2 aliphatic carbocycles. The molecule has 0 radical (unpaired) electrons. The molecular formula is C14H23NO4. The first-order valence-electron chi connectivity index (χ1n) is 7.36. The van der Waals surface area contributed by atoms with Crippen molar-refractivity contribution in [1.29, 1.82) is 0 Å². The monoisotopic (exact) mass is 269 g/mol. The van der Waals surface area contributed by atoms with Gasteiger partial charge in [0.2, 0.25) is 5.91 Å². The molecule has 19 heavy (non-hydrogen) atoms. The highest BCUT2D eigenvalue weighted by Crippen LogP contribution is 2.49. The van der Waals surface area contributed by atoms with Crippen molar-refractivity contribution in [2.45, 2.75) is 50.4 Å². The molecule has 5 nitrogen and oxygen atoms in total. The van der Waals surface area contributed by atoms with Crippen LogP contribution in [0.2, 0.25) is 0 Å². The number of β-amino-alcohol motifs (C(OH)–C–C–N with tert-alkyl or cyclic N) is 2. The third-order valence-corrected chi connectivity index (χ3v) is 5.28. The molecule has 2 bridgehead atoms. The van der Waals surface area contributed by atoms with Gasteiger partial charge >= 0.3 is 0 Å². The molecule has 3 aliphatic rings. The summed E-state index contributed by atoms with van der Waals surface area (Å²) in [6.45, 7) is 0.274. The smallest absolute Gasteiger partial charge is 0.223 e. The van der Waals surface area contributed by atoms with Crippen LogP contribution in [0, 0.1) is 17.8 Å². The van der Waals surface area contributed by atoms with Gasteiger partial charge in [-0.15, -0.1) is 0 Å². The summed E-state index contributed by atoms with van der Waals surface area (Å²) in [6, 6.07) is 0. The van der Waals surface area contributed by atoms with Gasteiger partial charge in [0.25, 0.3) is 0 Å². The molecular weight excluding hydrogens is 246 g/mol. The zero-order chi connectivity index (χ0) is 13.6. The first-order chi connectivity index (χ1) is 9.04. The number of piperidine rings is 1. The number of amides is 1. The summed E-state index contributed by atoms with van der Waals surface area (Å²) < 4.78 is 0. The third kappa shape index (κ3) is 2.51. The van der Waals surface area contributed by atoms with E-state index < -0.39 is 18.3 Å². The maximum Gasteiger partial charge on any atom is 0.223 e. The minimum Gasteiger partial charge on any atom is -0.388 e. The van der Waals surface area contributed by atoms with Gasteiger partial charge in [0, 0.05) is 19.5 Å². The first kappa shape index (κ1) is 13.3. The Morgan fingerprint density at radius 3 is 2.26 bits per heavy atom. The van der Waals surface area contributed by atoms with Crippen molar-refractivity contribution in [3.05, 3.63) is 0 Å². The number of likely N-dealkylation sites (tertiary alicyclic amines) is 1. The quantitative estimate of drug-likeness (QED) is 0.645. The molecule has 4 unspecified atom stereocenters. The fraction of sp³-hybridized carbons (Fsp3) is 0.929. The highest BCUT2D eigenvalue weighted by atomic mass is 16.4. The van der Waals surface area contributed by atoms with Crippen LogP contribution in [0.25, 0.3) is 0 Å². The third-order valence-electron chi connectivity index (χ3n) is 5.28. The van der Waals surface area contributed by atoms with Crippen LogP contribution in [0.15, 0.2) is 0 Å². The van der Waals surface area contributed by atoms with Gasteiger partial charge in [0.05, 0.1) is 0 Å². The Balaban J connectivity index is 1.56. The Hall–Kier alpha value is -0.650. The summed E-state index contributed by atoms with van der Waals surface area (Å²) in [6.07, 6.45) is 2.36. The maximum absolute atomic E-state index is 12.3. The van der Waals surface area contributed by atoms with Gasteiger partial charge in [-0.2, -0.15) is 0 Å². The van der Waals surface area contributed by atoms with Crippen LogP contribution in [0.4, 0.5) is 0 Å².